The summed E-state index contributed by atoms with van der Waals surface area (Å²) in [5.41, 5.74) is 2.35. The maximum absolute atomic E-state index is 11.0. The van der Waals surface area contributed by atoms with Crippen LogP contribution in [0, 0.1) is 0 Å². The quantitative estimate of drug-likeness (QED) is 0.575. The van der Waals surface area contributed by atoms with Gasteiger partial charge in [-0.3, -0.25) is 9.89 Å². The van der Waals surface area contributed by atoms with Gasteiger partial charge in [-0.1, -0.05) is 45.9 Å². The standard InChI is InChI=1S/C24H29BrN4OS/c1-24(2)16-26-23(31-24)28-11-9-27(10-12-28)14-18(30)15-29-21-6-4-3-5-19(21)20-13-17(25)7-8-22(20)29/h3-8,13,18,30H,9-12,14-16H2,1-2H3. The number of fused-ring (bicyclic) bond motifs is 3. The minimum absolute atomic E-state index is 0.223. The van der Waals surface area contributed by atoms with Crippen molar-refractivity contribution in [1.29, 1.82) is 0 Å². The van der Waals surface area contributed by atoms with Crippen molar-refractivity contribution in [3.63, 3.8) is 0 Å². The maximum atomic E-state index is 11.0. The minimum atomic E-state index is -0.411. The summed E-state index contributed by atoms with van der Waals surface area (Å²) in [5, 5.41) is 14.6. The van der Waals surface area contributed by atoms with Gasteiger partial charge in [-0.25, -0.2) is 0 Å². The van der Waals surface area contributed by atoms with E-state index in [2.05, 4.69) is 86.6 Å². The van der Waals surface area contributed by atoms with Gasteiger partial charge in [0, 0.05) is 63.7 Å². The van der Waals surface area contributed by atoms with Crippen LogP contribution in [0.5, 0.6) is 0 Å². The molecule has 1 atom stereocenters. The first kappa shape index (κ1) is 21.3. The molecule has 0 aliphatic carbocycles. The minimum Gasteiger partial charge on any atom is -0.390 e. The van der Waals surface area contributed by atoms with E-state index in [0.717, 1.165) is 37.2 Å². The summed E-state index contributed by atoms with van der Waals surface area (Å²) in [5.74, 6) is 0. The van der Waals surface area contributed by atoms with E-state index in [0.29, 0.717) is 13.1 Å². The lowest BCUT2D eigenvalue weighted by Crippen LogP contribution is -2.50. The summed E-state index contributed by atoms with van der Waals surface area (Å²) in [6.45, 7) is 10.6. The fraction of sp³-hybridized carbons (Fsp3) is 0.458. The van der Waals surface area contributed by atoms with Crippen LogP contribution in [-0.4, -0.2) is 74.8 Å². The number of piperazine rings is 1. The number of nitrogens with zero attached hydrogens (tertiary/aromatic N) is 4. The van der Waals surface area contributed by atoms with E-state index in [-0.39, 0.29) is 4.75 Å². The van der Waals surface area contributed by atoms with Gasteiger partial charge in [-0.05, 0) is 38.1 Å². The number of aliphatic imine (C=N–C) groups is 1. The van der Waals surface area contributed by atoms with Gasteiger partial charge in [-0.2, -0.15) is 0 Å². The maximum Gasteiger partial charge on any atom is 0.159 e. The largest absolute Gasteiger partial charge is 0.390 e. The number of amidine groups is 1. The van der Waals surface area contributed by atoms with Crippen LogP contribution >= 0.6 is 27.7 Å². The first-order valence-electron chi connectivity index (χ1n) is 10.9. The van der Waals surface area contributed by atoms with Crippen LogP contribution in [0.4, 0.5) is 0 Å². The van der Waals surface area contributed by atoms with Crippen LogP contribution in [0.3, 0.4) is 0 Å². The van der Waals surface area contributed by atoms with Crippen molar-refractivity contribution in [2.45, 2.75) is 31.2 Å². The van der Waals surface area contributed by atoms with Crippen molar-refractivity contribution >= 4 is 54.7 Å². The van der Waals surface area contributed by atoms with E-state index in [1.165, 1.54) is 27.0 Å². The molecule has 2 aliphatic heterocycles. The summed E-state index contributed by atoms with van der Waals surface area (Å²) in [4.78, 5) is 9.54. The van der Waals surface area contributed by atoms with Crippen molar-refractivity contribution in [3.8, 4) is 0 Å². The van der Waals surface area contributed by atoms with Crippen LogP contribution in [0.15, 0.2) is 51.9 Å². The highest BCUT2D eigenvalue weighted by Crippen LogP contribution is 2.34. The molecule has 3 aromatic rings. The second-order valence-electron chi connectivity index (χ2n) is 9.19. The van der Waals surface area contributed by atoms with Gasteiger partial charge < -0.3 is 14.6 Å². The lowest BCUT2D eigenvalue weighted by molar-refractivity contribution is 0.0808. The van der Waals surface area contributed by atoms with Gasteiger partial charge in [0.15, 0.2) is 5.17 Å². The molecule has 0 bridgehead atoms. The number of aliphatic hydroxyl groups is 1. The number of hydrogen-bond acceptors (Lipinski definition) is 5. The van der Waals surface area contributed by atoms with E-state index in [4.69, 9.17) is 4.99 Å². The second kappa shape index (κ2) is 8.43. The molecule has 0 saturated carbocycles. The number of halogens is 1. The third kappa shape index (κ3) is 4.38. The van der Waals surface area contributed by atoms with Gasteiger partial charge in [0.25, 0.3) is 0 Å². The Morgan fingerprint density at radius 2 is 1.77 bits per heavy atom. The fourth-order valence-electron chi connectivity index (χ4n) is 4.65. The zero-order valence-corrected chi connectivity index (χ0v) is 20.5. The molecule has 2 aliphatic rings. The number of aliphatic hydroxyl groups excluding tert-OH is 1. The van der Waals surface area contributed by atoms with Crippen molar-refractivity contribution in [2.24, 2.45) is 4.99 Å². The summed E-state index contributed by atoms with van der Waals surface area (Å²) < 4.78 is 3.57. The Morgan fingerprint density at radius 3 is 2.52 bits per heavy atom. The molecule has 1 saturated heterocycles. The highest BCUT2D eigenvalue weighted by Gasteiger charge is 2.31. The Kier molecular flexibility index (Phi) is 5.79. The van der Waals surface area contributed by atoms with E-state index in [1.807, 2.05) is 11.8 Å². The van der Waals surface area contributed by atoms with Gasteiger partial charge >= 0.3 is 0 Å². The highest BCUT2D eigenvalue weighted by atomic mass is 79.9. The third-order valence-electron chi connectivity index (χ3n) is 6.20. The van der Waals surface area contributed by atoms with E-state index >= 15 is 0 Å². The van der Waals surface area contributed by atoms with Crippen LogP contribution < -0.4 is 0 Å². The highest BCUT2D eigenvalue weighted by molar-refractivity contribution is 9.10. The Morgan fingerprint density at radius 1 is 1.03 bits per heavy atom. The van der Waals surface area contributed by atoms with Gasteiger partial charge in [0.05, 0.1) is 19.2 Å². The molecular formula is C24H29BrN4OS. The molecule has 31 heavy (non-hydrogen) atoms. The topological polar surface area (TPSA) is 44.0 Å². The number of β-amino-alcohol motifs (C(OH)–C–C–N with tert-alkyl or cyclic N) is 1. The van der Waals surface area contributed by atoms with Gasteiger partial charge in [-0.15, -0.1) is 0 Å². The van der Waals surface area contributed by atoms with Crippen molar-refractivity contribution < 1.29 is 5.11 Å². The third-order valence-corrected chi connectivity index (χ3v) is 7.95. The van der Waals surface area contributed by atoms with E-state index < -0.39 is 6.10 Å². The number of benzene rings is 2. The Balaban J connectivity index is 1.25. The zero-order valence-electron chi connectivity index (χ0n) is 18.1. The van der Waals surface area contributed by atoms with Crippen molar-refractivity contribution in [1.82, 2.24) is 14.4 Å². The smallest absolute Gasteiger partial charge is 0.159 e. The SMILES string of the molecule is CC1(C)CN=C(N2CCN(CC(O)Cn3c4ccccc4c4cc(Br)ccc43)CC2)S1. The molecule has 0 amide bonds. The number of para-hydroxylation sites is 1. The average molecular weight is 501 g/mol. The summed E-state index contributed by atoms with van der Waals surface area (Å²) >= 11 is 5.50. The molecule has 1 aromatic heterocycles. The molecule has 1 N–H and O–H groups in total. The van der Waals surface area contributed by atoms with E-state index in [1.54, 1.807) is 0 Å². The first-order valence-corrected chi connectivity index (χ1v) is 12.6. The molecule has 3 heterocycles. The molecule has 0 spiro atoms. The summed E-state index contributed by atoms with van der Waals surface area (Å²) in [6.07, 6.45) is -0.411. The first-order chi connectivity index (χ1) is 14.9. The molecule has 164 valence electrons. The second-order valence-corrected chi connectivity index (χ2v) is 11.8. The summed E-state index contributed by atoms with van der Waals surface area (Å²) in [7, 11) is 0. The molecule has 0 radical (unpaired) electrons. The normalized spacial score (nSPS) is 20.5. The van der Waals surface area contributed by atoms with Crippen molar-refractivity contribution in [2.75, 3.05) is 39.3 Å². The average Bonchev–Trinajstić information content (AvgIpc) is 3.26. The Hall–Kier alpha value is -1.54. The lowest BCUT2D eigenvalue weighted by atomic mass is 10.2. The molecule has 5 rings (SSSR count). The number of hydrogen-bond donors (Lipinski definition) is 1. The lowest BCUT2D eigenvalue weighted by Gasteiger charge is -2.36. The van der Waals surface area contributed by atoms with Crippen molar-refractivity contribution in [3.05, 3.63) is 46.9 Å². The van der Waals surface area contributed by atoms with Gasteiger partial charge in [0.1, 0.15) is 0 Å². The molecular weight excluding hydrogens is 472 g/mol. The Labute approximate surface area is 196 Å². The molecule has 2 aromatic carbocycles. The fourth-order valence-corrected chi connectivity index (χ4v) is 6.07. The summed E-state index contributed by atoms with van der Waals surface area (Å²) in [6, 6.07) is 14.9. The van der Waals surface area contributed by atoms with Gasteiger partial charge in [0.2, 0.25) is 0 Å². The Bertz CT molecular complexity index is 1130. The van der Waals surface area contributed by atoms with E-state index in [9.17, 15) is 5.11 Å². The predicted molar refractivity (Wildman–Crippen MR) is 135 cm³/mol. The molecule has 1 fully saturated rings. The van der Waals surface area contributed by atoms with Crippen LogP contribution in [-0.2, 0) is 6.54 Å². The number of rotatable bonds is 4. The monoisotopic (exact) mass is 500 g/mol. The van der Waals surface area contributed by atoms with Crippen LogP contribution in [0.25, 0.3) is 21.8 Å². The van der Waals surface area contributed by atoms with Crippen LogP contribution in [0.1, 0.15) is 13.8 Å². The number of aromatic nitrogens is 1. The van der Waals surface area contributed by atoms with Crippen LogP contribution in [0.2, 0.25) is 0 Å². The molecule has 5 nitrogen and oxygen atoms in total. The zero-order chi connectivity index (χ0) is 21.6. The predicted octanol–water partition coefficient (Wildman–Crippen LogP) is 4.42. The number of thioether (sulfide) groups is 1. The molecule has 7 heteroatoms. The molecule has 1 unspecified atom stereocenters.